The van der Waals surface area contributed by atoms with Crippen LogP contribution in [0.15, 0.2) is 47.8 Å². The first-order valence-corrected chi connectivity index (χ1v) is 9.54. The minimum absolute atomic E-state index is 0.492. The monoisotopic (exact) mass is 396 g/mol. The molecule has 1 aromatic heterocycles. The molecule has 0 fully saturated rings. The van der Waals surface area contributed by atoms with Crippen LogP contribution in [0.1, 0.15) is 17.5 Å². The molecule has 1 heterocycles. The maximum Gasteiger partial charge on any atom is 0.161 e. The van der Waals surface area contributed by atoms with E-state index in [9.17, 15) is 5.26 Å². The molecule has 0 aliphatic rings. The predicted molar refractivity (Wildman–Crippen MR) is 110 cm³/mol. The lowest BCUT2D eigenvalue weighted by Crippen LogP contribution is -1.95. The summed E-state index contributed by atoms with van der Waals surface area (Å²) in [6.45, 7) is 2.48. The summed E-state index contributed by atoms with van der Waals surface area (Å²) in [4.78, 5) is 4.60. The quantitative estimate of drug-likeness (QED) is 0.484. The van der Waals surface area contributed by atoms with Gasteiger partial charge < -0.3 is 9.47 Å². The average molecular weight is 397 g/mol. The maximum absolute atomic E-state index is 9.60. The van der Waals surface area contributed by atoms with E-state index in [-0.39, 0.29) is 0 Å². The molecule has 0 aliphatic heterocycles. The zero-order valence-electron chi connectivity index (χ0n) is 14.9. The van der Waals surface area contributed by atoms with Gasteiger partial charge in [0.05, 0.1) is 25.0 Å². The number of halogens is 1. The minimum atomic E-state index is 0.492. The zero-order chi connectivity index (χ0) is 19.2. The molecule has 0 atom stereocenters. The van der Waals surface area contributed by atoms with Gasteiger partial charge in [-0.05, 0) is 42.8 Å². The van der Waals surface area contributed by atoms with E-state index in [0.29, 0.717) is 33.7 Å². The van der Waals surface area contributed by atoms with Gasteiger partial charge in [-0.3, -0.25) is 0 Å². The Morgan fingerprint density at radius 3 is 2.67 bits per heavy atom. The first kappa shape index (κ1) is 19.0. The molecule has 2 aromatic carbocycles. The summed E-state index contributed by atoms with van der Waals surface area (Å²) >= 11 is 7.36. The standard InChI is InChI=1S/C21H17ClN2O2S/c1-3-26-19-9-4-14(11-20(19)25-2)10-16(12-23)21-24-18(13-27-21)15-5-7-17(22)8-6-15/h4-11,13H,3H2,1-2H3/b16-10+. The van der Waals surface area contributed by atoms with Crippen molar-refractivity contribution in [1.29, 1.82) is 5.26 Å². The highest BCUT2D eigenvalue weighted by Gasteiger charge is 2.10. The molecule has 0 aliphatic carbocycles. The molecule has 6 heteroatoms. The van der Waals surface area contributed by atoms with Crippen molar-refractivity contribution >= 4 is 34.6 Å². The van der Waals surface area contributed by atoms with Crippen molar-refractivity contribution in [2.24, 2.45) is 0 Å². The summed E-state index contributed by atoms with van der Waals surface area (Å²) in [5.41, 5.74) is 3.11. The minimum Gasteiger partial charge on any atom is -0.493 e. The fourth-order valence-corrected chi connectivity index (χ4v) is 3.43. The molecule has 3 aromatic rings. The predicted octanol–water partition coefficient (Wildman–Crippen LogP) is 5.93. The summed E-state index contributed by atoms with van der Waals surface area (Å²) in [5.74, 6) is 1.30. The van der Waals surface area contributed by atoms with E-state index in [4.69, 9.17) is 21.1 Å². The number of benzene rings is 2. The molecule has 4 nitrogen and oxygen atoms in total. The third kappa shape index (κ3) is 4.48. The van der Waals surface area contributed by atoms with Crippen LogP contribution < -0.4 is 9.47 Å². The Hall–Kier alpha value is -2.81. The molecule has 0 N–H and O–H groups in total. The van der Waals surface area contributed by atoms with E-state index in [1.165, 1.54) is 11.3 Å². The Morgan fingerprint density at radius 2 is 2.00 bits per heavy atom. The van der Waals surface area contributed by atoms with E-state index in [0.717, 1.165) is 16.8 Å². The second kappa shape index (κ2) is 8.72. The molecule has 3 rings (SSSR count). The fourth-order valence-electron chi connectivity index (χ4n) is 2.51. The van der Waals surface area contributed by atoms with Crippen LogP contribution >= 0.6 is 22.9 Å². The number of rotatable bonds is 6. The molecule has 0 radical (unpaired) electrons. The molecular formula is C21H17ClN2O2S. The number of ether oxygens (including phenoxy) is 2. The van der Waals surface area contributed by atoms with Gasteiger partial charge in [0.25, 0.3) is 0 Å². The van der Waals surface area contributed by atoms with Crippen LogP contribution in [0.2, 0.25) is 5.02 Å². The maximum atomic E-state index is 9.60. The highest BCUT2D eigenvalue weighted by molar-refractivity contribution is 7.11. The van der Waals surface area contributed by atoms with Crippen molar-refractivity contribution in [2.45, 2.75) is 6.92 Å². The van der Waals surface area contributed by atoms with Gasteiger partial charge in [0.15, 0.2) is 11.5 Å². The smallest absolute Gasteiger partial charge is 0.161 e. The van der Waals surface area contributed by atoms with Crippen molar-refractivity contribution in [3.63, 3.8) is 0 Å². The lowest BCUT2D eigenvalue weighted by molar-refractivity contribution is 0.311. The Bertz CT molecular complexity index is 1000. The average Bonchev–Trinajstić information content (AvgIpc) is 3.17. The fraction of sp³-hybridized carbons (Fsp3) is 0.143. The Morgan fingerprint density at radius 1 is 1.22 bits per heavy atom. The summed E-state index contributed by atoms with van der Waals surface area (Å²) in [6.07, 6.45) is 1.79. The molecule has 0 saturated heterocycles. The van der Waals surface area contributed by atoms with Gasteiger partial charge >= 0.3 is 0 Å². The zero-order valence-corrected chi connectivity index (χ0v) is 16.5. The van der Waals surface area contributed by atoms with Gasteiger partial charge in [0.2, 0.25) is 0 Å². The van der Waals surface area contributed by atoms with Crippen LogP contribution in [0.4, 0.5) is 0 Å². The lowest BCUT2D eigenvalue weighted by Gasteiger charge is -2.09. The normalized spacial score (nSPS) is 11.1. The van der Waals surface area contributed by atoms with Crippen LogP contribution in [0.25, 0.3) is 22.9 Å². The number of hydrogen-bond acceptors (Lipinski definition) is 5. The molecule has 27 heavy (non-hydrogen) atoms. The van der Waals surface area contributed by atoms with E-state index in [2.05, 4.69) is 11.1 Å². The topological polar surface area (TPSA) is 55.1 Å². The van der Waals surface area contributed by atoms with Gasteiger partial charge in [0, 0.05) is 16.0 Å². The van der Waals surface area contributed by atoms with Gasteiger partial charge in [-0.1, -0.05) is 29.8 Å². The van der Waals surface area contributed by atoms with E-state index in [1.54, 1.807) is 13.2 Å². The van der Waals surface area contributed by atoms with E-state index in [1.807, 2.05) is 54.8 Å². The van der Waals surface area contributed by atoms with Gasteiger partial charge in [-0.2, -0.15) is 5.26 Å². The van der Waals surface area contributed by atoms with Crippen molar-refractivity contribution in [1.82, 2.24) is 4.98 Å². The Balaban J connectivity index is 1.91. The molecule has 0 saturated carbocycles. The lowest BCUT2D eigenvalue weighted by atomic mass is 10.1. The molecule has 0 bridgehead atoms. The molecule has 0 amide bonds. The highest BCUT2D eigenvalue weighted by Crippen LogP contribution is 2.31. The van der Waals surface area contributed by atoms with Gasteiger partial charge in [0.1, 0.15) is 11.1 Å². The summed E-state index contributed by atoms with van der Waals surface area (Å²) in [6, 6.07) is 15.3. The van der Waals surface area contributed by atoms with Crippen molar-refractivity contribution in [2.75, 3.05) is 13.7 Å². The van der Waals surface area contributed by atoms with E-state index < -0.39 is 0 Å². The van der Waals surface area contributed by atoms with Crippen LogP contribution in [0.5, 0.6) is 11.5 Å². The second-order valence-corrected chi connectivity index (χ2v) is 6.85. The Labute approximate surface area is 167 Å². The third-order valence-corrected chi connectivity index (χ3v) is 4.92. The molecular weight excluding hydrogens is 380 g/mol. The first-order chi connectivity index (χ1) is 13.1. The van der Waals surface area contributed by atoms with Crippen molar-refractivity contribution < 1.29 is 9.47 Å². The Kier molecular flexibility index (Phi) is 6.12. The summed E-state index contributed by atoms with van der Waals surface area (Å²) < 4.78 is 10.9. The SMILES string of the molecule is CCOc1ccc(/C=C(\C#N)c2nc(-c3ccc(Cl)cc3)cs2)cc1OC. The number of hydrogen-bond donors (Lipinski definition) is 0. The van der Waals surface area contributed by atoms with Crippen LogP contribution in [0, 0.1) is 11.3 Å². The van der Waals surface area contributed by atoms with Gasteiger partial charge in [-0.15, -0.1) is 11.3 Å². The summed E-state index contributed by atoms with van der Waals surface area (Å²) in [5, 5.41) is 12.9. The largest absolute Gasteiger partial charge is 0.493 e. The van der Waals surface area contributed by atoms with E-state index >= 15 is 0 Å². The summed E-state index contributed by atoms with van der Waals surface area (Å²) in [7, 11) is 1.59. The first-order valence-electron chi connectivity index (χ1n) is 8.29. The van der Waals surface area contributed by atoms with Crippen molar-refractivity contribution in [3.8, 4) is 28.8 Å². The number of aromatic nitrogens is 1. The highest BCUT2D eigenvalue weighted by atomic mass is 35.5. The number of thiazole rings is 1. The van der Waals surface area contributed by atoms with Crippen LogP contribution in [-0.4, -0.2) is 18.7 Å². The second-order valence-electron chi connectivity index (χ2n) is 5.56. The number of allylic oxidation sites excluding steroid dienone is 1. The number of nitriles is 1. The van der Waals surface area contributed by atoms with Crippen LogP contribution in [-0.2, 0) is 0 Å². The molecule has 0 unspecified atom stereocenters. The third-order valence-electron chi connectivity index (χ3n) is 3.79. The molecule has 0 spiro atoms. The van der Waals surface area contributed by atoms with Crippen molar-refractivity contribution in [3.05, 3.63) is 63.4 Å². The number of nitrogens with zero attached hydrogens (tertiary/aromatic N) is 2. The van der Waals surface area contributed by atoms with Gasteiger partial charge in [-0.25, -0.2) is 4.98 Å². The molecule has 136 valence electrons. The number of methoxy groups -OCH3 is 1. The van der Waals surface area contributed by atoms with Crippen LogP contribution in [0.3, 0.4) is 0 Å².